The number of hydrogen-bond donors (Lipinski definition) is 1. The highest BCUT2D eigenvalue weighted by molar-refractivity contribution is 5.92. The minimum atomic E-state index is -0.0806. The summed E-state index contributed by atoms with van der Waals surface area (Å²) in [5.74, 6) is 1.45. The first-order chi connectivity index (χ1) is 16.5. The first-order valence-corrected chi connectivity index (χ1v) is 11.9. The first-order valence-electron chi connectivity index (χ1n) is 11.9. The summed E-state index contributed by atoms with van der Waals surface area (Å²) in [7, 11) is 1.75. The van der Waals surface area contributed by atoms with Gasteiger partial charge in [-0.3, -0.25) is 14.5 Å². The van der Waals surface area contributed by atoms with Gasteiger partial charge in [-0.05, 0) is 31.0 Å². The van der Waals surface area contributed by atoms with Crippen LogP contribution in [0.25, 0.3) is 22.1 Å². The summed E-state index contributed by atoms with van der Waals surface area (Å²) in [6.45, 7) is 7.43. The normalized spacial score (nSPS) is 19.3. The molecule has 2 aliphatic heterocycles. The van der Waals surface area contributed by atoms with Crippen molar-refractivity contribution in [1.82, 2.24) is 24.7 Å². The van der Waals surface area contributed by atoms with Crippen LogP contribution < -0.4 is 15.6 Å². The quantitative estimate of drug-likeness (QED) is 0.570. The average Bonchev–Trinajstić information content (AvgIpc) is 3.44. The van der Waals surface area contributed by atoms with Crippen molar-refractivity contribution < 1.29 is 13.9 Å². The van der Waals surface area contributed by atoms with Crippen LogP contribution in [0.2, 0.25) is 0 Å². The number of rotatable bonds is 7. The number of aryl methyl sites for hydroxylation is 1. The molecule has 1 N–H and O–H groups in total. The van der Waals surface area contributed by atoms with Crippen LogP contribution in [0.5, 0.6) is 5.88 Å². The first kappa shape index (κ1) is 22.6. The molecule has 180 valence electrons. The molecule has 3 aromatic heterocycles. The molecule has 0 saturated carbocycles. The zero-order chi connectivity index (χ0) is 23.7. The molecule has 1 amide bonds. The van der Waals surface area contributed by atoms with Crippen molar-refractivity contribution in [3.05, 3.63) is 46.7 Å². The molecule has 1 atom stereocenters. The van der Waals surface area contributed by atoms with E-state index in [0.717, 1.165) is 49.5 Å². The van der Waals surface area contributed by atoms with Crippen LogP contribution in [-0.2, 0) is 18.4 Å². The van der Waals surface area contributed by atoms with Crippen molar-refractivity contribution in [2.75, 3.05) is 39.3 Å². The van der Waals surface area contributed by atoms with Gasteiger partial charge in [0, 0.05) is 69.7 Å². The van der Waals surface area contributed by atoms with Crippen molar-refractivity contribution in [1.29, 1.82) is 0 Å². The lowest BCUT2D eigenvalue weighted by molar-refractivity contribution is -0.128. The van der Waals surface area contributed by atoms with Gasteiger partial charge in [0.1, 0.15) is 18.0 Å². The summed E-state index contributed by atoms with van der Waals surface area (Å²) in [6.07, 6.45) is 5.02. The van der Waals surface area contributed by atoms with E-state index in [1.54, 1.807) is 24.0 Å². The van der Waals surface area contributed by atoms with Crippen LogP contribution in [0.1, 0.15) is 25.5 Å². The molecule has 0 bridgehead atoms. The number of amides is 1. The fourth-order valence-electron chi connectivity index (χ4n) is 4.76. The van der Waals surface area contributed by atoms with Gasteiger partial charge in [0.2, 0.25) is 11.8 Å². The van der Waals surface area contributed by atoms with E-state index < -0.39 is 0 Å². The number of fused-ring (bicyclic) bond motifs is 1. The molecular weight excluding hydrogens is 434 g/mol. The monoisotopic (exact) mass is 465 g/mol. The zero-order valence-electron chi connectivity index (χ0n) is 19.7. The van der Waals surface area contributed by atoms with Gasteiger partial charge in [-0.25, -0.2) is 4.98 Å². The number of likely N-dealkylation sites (tertiary alicyclic amines) is 1. The van der Waals surface area contributed by atoms with Crippen LogP contribution in [0, 0.1) is 0 Å². The molecule has 2 saturated heterocycles. The molecule has 2 fully saturated rings. The minimum absolute atomic E-state index is 0.0806. The van der Waals surface area contributed by atoms with Crippen LogP contribution in [-0.4, -0.2) is 70.6 Å². The Hall–Kier alpha value is -3.17. The van der Waals surface area contributed by atoms with Crippen LogP contribution >= 0.6 is 0 Å². The van der Waals surface area contributed by atoms with E-state index >= 15 is 0 Å². The third-order valence-corrected chi connectivity index (χ3v) is 6.73. The highest BCUT2D eigenvalue weighted by Gasteiger charge is 2.22. The van der Waals surface area contributed by atoms with E-state index in [4.69, 9.17) is 9.15 Å². The topological polar surface area (TPSA) is 92.8 Å². The third kappa shape index (κ3) is 4.58. The Morgan fingerprint density at radius 1 is 1.26 bits per heavy atom. The highest BCUT2D eigenvalue weighted by atomic mass is 16.5. The number of ether oxygens (including phenoxy) is 1. The summed E-state index contributed by atoms with van der Waals surface area (Å²) in [4.78, 5) is 33.2. The average molecular weight is 466 g/mol. The number of carbonyl (C=O) groups excluding carboxylic acids is 1. The molecule has 5 rings (SSSR count). The second kappa shape index (κ2) is 9.60. The molecule has 34 heavy (non-hydrogen) atoms. The van der Waals surface area contributed by atoms with Crippen molar-refractivity contribution in [2.45, 2.75) is 32.4 Å². The van der Waals surface area contributed by atoms with E-state index in [9.17, 15) is 9.59 Å². The van der Waals surface area contributed by atoms with Crippen LogP contribution in [0.15, 0.2) is 39.8 Å². The van der Waals surface area contributed by atoms with Gasteiger partial charge in [-0.2, -0.15) is 0 Å². The maximum Gasteiger partial charge on any atom is 0.261 e. The molecule has 2 aliphatic rings. The molecule has 0 radical (unpaired) electrons. The SMILES string of the molecule is C[C@@H]1CNCCN1Cc1cc2c(=O)n(C)cc(-c3ccnc(OCCN4CCCC4=O)c3)c2o1. The van der Waals surface area contributed by atoms with E-state index in [2.05, 4.69) is 22.1 Å². The van der Waals surface area contributed by atoms with Crippen molar-refractivity contribution >= 4 is 16.9 Å². The summed E-state index contributed by atoms with van der Waals surface area (Å²) in [5.41, 5.74) is 2.18. The molecule has 0 aliphatic carbocycles. The number of nitrogens with zero attached hydrogens (tertiary/aromatic N) is 4. The van der Waals surface area contributed by atoms with Gasteiger partial charge >= 0.3 is 0 Å². The standard InChI is InChI=1S/C25H31N5O4/c1-17-14-26-7-9-30(17)15-19-13-20-24(34-19)21(16-28(2)25(20)32)18-5-6-27-22(12-18)33-11-10-29-8-3-4-23(29)31/h5-6,12-13,16-17,26H,3-4,7-11,14-15H2,1-2H3/t17-/m1/s1. The maximum atomic E-state index is 12.9. The van der Waals surface area contributed by atoms with E-state index in [-0.39, 0.29) is 11.5 Å². The molecule has 5 heterocycles. The number of nitrogens with one attached hydrogen (secondary N) is 1. The lowest BCUT2D eigenvalue weighted by atomic mass is 10.1. The van der Waals surface area contributed by atoms with E-state index in [0.29, 0.717) is 49.0 Å². The number of aromatic nitrogens is 2. The third-order valence-electron chi connectivity index (χ3n) is 6.73. The number of furan rings is 1. The summed E-state index contributed by atoms with van der Waals surface area (Å²) < 4.78 is 13.7. The Bertz CT molecular complexity index is 1250. The predicted octanol–water partition coefficient (Wildman–Crippen LogP) is 1.99. The maximum absolute atomic E-state index is 12.9. The number of carbonyl (C=O) groups is 1. The van der Waals surface area contributed by atoms with Gasteiger partial charge in [-0.1, -0.05) is 0 Å². The molecule has 9 nitrogen and oxygen atoms in total. The Kier molecular flexibility index (Phi) is 6.38. The molecular formula is C25H31N5O4. The molecule has 9 heteroatoms. The number of hydrogen-bond acceptors (Lipinski definition) is 7. The lowest BCUT2D eigenvalue weighted by Crippen LogP contribution is -2.49. The van der Waals surface area contributed by atoms with Crippen molar-refractivity contribution in [3.8, 4) is 17.0 Å². The fourth-order valence-corrected chi connectivity index (χ4v) is 4.76. The Labute approximate surface area is 198 Å². The fraction of sp³-hybridized carbons (Fsp3) is 0.480. The van der Waals surface area contributed by atoms with E-state index in [1.807, 2.05) is 23.1 Å². The Morgan fingerprint density at radius 3 is 2.94 bits per heavy atom. The minimum Gasteiger partial charge on any atom is -0.476 e. The molecule has 0 spiro atoms. The number of piperazine rings is 1. The summed E-state index contributed by atoms with van der Waals surface area (Å²) in [5, 5.41) is 3.97. The lowest BCUT2D eigenvalue weighted by Gasteiger charge is -2.33. The second-order valence-corrected chi connectivity index (χ2v) is 9.15. The Morgan fingerprint density at radius 2 is 2.15 bits per heavy atom. The van der Waals surface area contributed by atoms with Crippen molar-refractivity contribution in [2.24, 2.45) is 7.05 Å². The largest absolute Gasteiger partial charge is 0.476 e. The van der Waals surface area contributed by atoms with Gasteiger partial charge in [-0.15, -0.1) is 0 Å². The highest BCUT2D eigenvalue weighted by Crippen LogP contribution is 2.31. The van der Waals surface area contributed by atoms with Crippen LogP contribution in [0.4, 0.5) is 0 Å². The summed E-state index contributed by atoms with van der Waals surface area (Å²) in [6, 6.07) is 6.02. The van der Waals surface area contributed by atoms with E-state index in [1.165, 1.54) is 0 Å². The molecule has 3 aromatic rings. The van der Waals surface area contributed by atoms with Crippen LogP contribution in [0.3, 0.4) is 0 Å². The second-order valence-electron chi connectivity index (χ2n) is 9.15. The van der Waals surface area contributed by atoms with Gasteiger partial charge < -0.3 is 23.9 Å². The zero-order valence-corrected chi connectivity index (χ0v) is 19.7. The molecule has 0 unspecified atom stereocenters. The predicted molar refractivity (Wildman–Crippen MR) is 129 cm³/mol. The molecule has 0 aromatic carbocycles. The summed E-state index contributed by atoms with van der Waals surface area (Å²) >= 11 is 0. The van der Waals surface area contributed by atoms with Gasteiger partial charge in [0.15, 0.2) is 0 Å². The van der Waals surface area contributed by atoms with Gasteiger partial charge in [0.25, 0.3) is 5.56 Å². The van der Waals surface area contributed by atoms with Crippen molar-refractivity contribution in [3.63, 3.8) is 0 Å². The smallest absolute Gasteiger partial charge is 0.261 e. The Balaban J connectivity index is 1.39. The number of pyridine rings is 2. The van der Waals surface area contributed by atoms with Gasteiger partial charge in [0.05, 0.1) is 18.5 Å².